The Morgan fingerprint density at radius 1 is 1.22 bits per heavy atom. The fraction of sp³-hybridized carbons (Fsp3) is 0.364. The molecule has 2 aromatic heterocycles. The predicted molar refractivity (Wildman–Crippen MR) is 114 cm³/mol. The monoisotopic (exact) mass is 459 g/mol. The minimum Gasteiger partial charge on any atom is -0.383 e. The maximum Gasteiger partial charge on any atom is 0.433 e. The Bertz CT molecular complexity index is 1160. The van der Waals surface area contributed by atoms with Gasteiger partial charge in [0.1, 0.15) is 16.3 Å². The zero-order chi connectivity index (χ0) is 22.9. The summed E-state index contributed by atoms with van der Waals surface area (Å²) in [5.41, 5.74) is 0.196. The molecule has 0 spiro atoms. The summed E-state index contributed by atoms with van der Waals surface area (Å²) >= 11 is 1.38. The van der Waals surface area contributed by atoms with E-state index in [1.165, 1.54) is 11.3 Å². The van der Waals surface area contributed by atoms with Crippen molar-refractivity contribution in [1.29, 1.82) is 5.26 Å². The van der Waals surface area contributed by atoms with E-state index in [-0.39, 0.29) is 11.9 Å². The number of rotatable bonds is 4. The molecule has 0 bridgehead atoms. The van der Waals surface area contributed by atoms with E-state index in [1.54, 1.807) is 18.3 Å². The average Bonchev–Trinajstić information content (AvgIpc) is 3.25. The number of hydrogen-bond donors (Lipinski definition) is 2. The lowest BCUT2D eigenvalue weighted by molar-refractivity contribution is -0.141. The number of aromatic nitrogens is 3. The molecule has 0 aliphatic heterocycles. The minimum atomic E-state index is -4.55. The summed E-state index contributed by atoms with van der Waals surface area (Å²) in [5.74, 6) is -0.178. The van der Waals surface area contributed by atoms with Gasteiger partial charge in [0.2, 0.25) is 5.95 Å². The second-order valence-corrected chi connectivity index (χ2v) is 8.97. The molecule has 4 rings (SSSR count). The van der Waals surface area contributed by atoms with Gasteiger partial charge in [-0.25, -0.2) is 15.0 Å². The molecule has 1 aliphatic carbocycles. The van der Waals surface area contributed by atoms with Crippen molar-refractivity contribution in [3.05, 3.63) is 52.9 Å². The maximum absolute atomic E-state index is 12.9. The van der Waals surface area contributed by atoms with Crippen molar-refractivity contribution in [1.82, 2.24) is 15.0 Å². The summed E-state index contributed by atoms with van der Waals surface area (Å²) in [5, 5.41) is 23.6. The fourth-order valence-electron chi connectivity index (χ4n) is 3.76. The van der Waals surface area contributed by atoms with Crippen LogP contribution in [0.5, 0.6) is 0 Å². The molecule has 2 heterocycles. The van der Waals surface area contributed by atoms with Gasteiger partial charge in [-0.2, -0.15) is 18.4 Å². The Balaban J connectivity index is 1.57. The van der Waals surface area contributed by atoms with Crippen LogP contribution in [0, 0.1) is 24.2 Å². The average molecular weight is 459 g/mol. The highest BCUT2D eigenvalue weighted by Gasteiger charge is 2.37. The van der Waals surface area contributed by atoms with Gasteiger partial charge in [-0.1, -0.05) is 6.07 Å². The summed E-state index contributed by atoms with van der Waals surface area (Å²) in [4.78, 5) is 12.7. The number of anilines is 2. The number of benzene rings is 1. The van der Waals surface area contributed by atoms with E-state index in [9.17, 15) is 18.3 Å². The van der Waals surface area contributed by atoms with Crippen molar-refractivity contribution in [2.24, 2.45) is 5.92 Å². The number of nitrogens with one attached hydrogen (secondary N) is 1. The summed E-state index contributed by atoms with van der Waals surface area (Å²) in [7, 11) is 0. The van der Waals surface area contributed by atoms with E-state index in [2.05, 4.69) is 26.3 Å². The van der Waals surface area contributed by atoms with Crippen LogP contribution in [0.15, 0.2) is 36.7 Å². The number of nitrogens with zero attached hydrogens (tertiary/aromatic N) is 4. The first-order valence-electron chi connectivity index (χ1n) is 10.0. The molecule has 1 fully saturated rings. The van der Waals surface area contributed by atoms with E-state index in [1.807, 2.05) is 13.0 Å². The summed E-state index contributed by atoms with van der Waals surface area (Å²) in [6.07, 6.45) is 0.453. The Morgan fingerprint density at radius 3 is 2.66 bits per heavy atom. The number of halogens is 3. The van der Waals surface area contributed by atoms with Gasteiger partial charge in [-0.05, 0) is 61.9 Å². The summed E-state index contributed by atoms with van der Waals surface area (Å²) in [6, 6.07) is 8.58. The van der Waals surface area contributed by atoms with Crippen LogP contribution in [0.3, 0.4) is 0 Å². The Kier molecular flexibility index (Phi) is 5.88. The van der Waals surface area contributed by atoms with Gasteiger partial charge in [0, 0.05) is 24.0 Å². The van der Waals surface area contributed by atoms with Crippen molar-refractivity contribution in [2.75, 3.05) is 5.32 Å². The third kappa shape index (κ3) is 4.74. The molecule has 6 nitrogen and oxygen atoms in total. The lowest BCUT2D eigenvalue weighted by Crippen LogP contribution is -2.30. The van der Waals surface area contributed by atoms with Crippen molar-refractivity contribution < 1.29 is 18.3 Å². The Labute approximate surface area is 186 Å². The third-order valence-corrected chi connectivity index (χ3v) is 6.70. The fourth-order valence-corrected chi connectivity index (χ4v) is 4.81. The quantitative estimate of drug-likeness (QED) is 0.530. The zero-order valence-corrected chi connectivity index (χ0v) is 18.0. The molecule has 0 atom stereocenters. The number of aliphatic hydroxyl groups is 1. The van der Waals surface area contributed by atoms with Crippen LogP contribution in [-0.4, -0.2) is 20.1 Å². The topological polar surface area (TPSA) is 94.7 Å². The number of thiazole rings is 1. The first-order chi connectivity index (χ1) is 15.2. The molecule has 166 valence electrons. The zero-order valence-electron chi connectivity index (χ0n) is 17.1. The molecule has 1 saturated carbocycles. The van der Waals surface area contributed by atoms with Gasteiger partial charge in [0.15, 0.2) is 0 Å². The molecule has 0 radical (unpaired) electrons. The number of alkyl halides is 3. The molecule has 10 heteroatoms. The van der Waals surface area contributed by atoms with Crippen LogP contribution in [0.25, 0.3) is 10.4 Å². The van der Waals surface area contributed by atoms with Crippen molar-refractivity contribution in [3.63, 3.8) is 0 Å². The lowest BCUT2D eigenvalue weighted by atomic mass is 9.80. The first-order valence-corrected chi connectivity index (χ1v) is 10.9. The molecule has 32 heavy (non-hydrogen) atoms. The van der Waals surface area contributed by atoms with Gasteiger partial charge in [-0.3, -0.25) is 0 Å². The van der Waals surface area contributed by atoms with Crippen LogP contribution < -0.4 is 5.32 Å². The number of nitriles is 1. The predicted octanol–water partition coefficient (Wildman–Crippen LogP) is 5.57. The van der Waals surface area contributed by atoms with Crippen LogP contribution in [0.2, 0.25) is 0 Å². The van der Waals surface area contributed by atoms with Crippen molar-refractivity contribution in [2.45, 2.75) is 44.4 Å². The lowest BCUT2D eigenvalue weighted by Gasteiger charge is -2.32. The van der Waals surface area contributed by atoms with E-state index in [0.717, 1.165) is 28.3 Å². The van der Waals surface area contributed by atoms with Crippen molar-refractivity contribution >= 4 is 23.0 Å². The molecule has 1 aliphatic rings. The highest BCUT2D eigenvalue weighted by Crippen LogP contribution is 2.42. The van der Waals surface area contributed by atoms with Crippen molar-refractivity contribution in [3.8, 4) is 16.5 Å². The molecule has 0 unspecified atom stereocenters. The Morgan fingerprint density at radius 2 is 1.97 bits per heavy atom. The number of aryl methyl sites for hydroxylation is 1. The largest absolute Gasteiger partial charge is 0.433 e. The van der Waals surface area contributed by atoms with E-state index < -0.39 is 17.5 Å². The standard InChI is InChI=1S/C22H20F3N5OS/c1-13-8-15(10-16(9-13)29-20-27-7-4-18(30-20)22(23,24)25)17-12-28-19(32-17)21(31)5-2-14(11-26)3-6-21/h4,7-10,12,14,31H,2-3,5-6H2,1H3,(H,27,29,30)/t14-,21+. The first kappa shape index (κ1) is 22.2. The molecule has 3 aromatic rings. The SMILES string of the molecule is Cc1cc(Nc2nccc(C(F)(F)F)n2)cc(-c2cnc([C@]3(O)CC[C@@H](C#N)CC3)s2)c1. The van der Waals surface area contributed by atoms with E-state index >= 15 is 0 Å². The number of hydrogen-bond acceptors (Lipinski definition) is 7. The van der Waals surface area contributed by atoms with Gasteiger partial charge in [0.25, 0.3) is 0 Å². The molecular weight excluding hydrogens is 439 g/mol. The molecule has 2 N–H and O–H groups in total. The second-order valence-electron chi connectivity index (χ2n) is 7.94. The summed E-state index contributed by atoms with van der Waals surface area (Å²) in [6.45, 7) is 1.88. The molecule has 0 saturated heterocycles. The van der Waals surface area contributed by atoms with Crippen LogP contribution >= 0.6 is 11.3 Å². The Hall–Kier alpha value is -3.03. The summed E-state index contributed by atoms with van der Waals surface area (Å²) < 4.78 is 38.8. The van der Waals surface area contributed by atoms with Crippen LogP contribution in [-0.2, 0) is 11.8 Å². The normalized spacial score (nSPS) is 21.2. The molecular formula is C22H20F3N5OS. The van der Waals surface area contributed by atoms with E-state index in [0.29, 0.717) is 36.4 Å². The van der Waals surface area contributed by atoms with E-state index in [4.69, 9.17) is 5.26 Å². The second kappa shape index (κ2) is 8.48. The molecule has 1 aromatic carbocycles. The third-order valence-electron chi connectivity index (χ3n) is 5.46. The van der Waals surface area contributed by atoms with Gasteiger partial charge >= 0.3 is 6.18 Å². The van der Waals surface area contributed by atoms with Crippen LogP contribution in [0.4, 0.5) is 24.8 Å². The smallest absolute Gasteiger partial charge is 0.383 e. The van der Waals surface area contributed by atoms with Gasteiger partial charge in [-0.15, -0.1) is 11.3 Å². The van der Waals surface area contributed by atoms with Gasteiger partial charge in [0.05, 0.1) is 10.9 Å². The van der Waals surface area contributed by atoms with Gasteiger partial charge < -0.3 is 10.4 Å². The highest BCUT2D eigenvalue weighted by molar-refractivity contribution is 7.15. The molecule has 0 amide bonds. The minimum absolute atomic E-state index is 0.0295. The highest BCUT2D eigenvalue weighted by atomic mass is 32.1. The van der Waals surface area contributed by atoms with Crippen LogP contribution in [0.1, 0.15) is 41.9 Å². The maximum atomic E-state index is 12.9.